The summed E-state index contributed by atoms with van der Waals surface area (Å²) in [5, 5.41) is 0. The van der Waals surface area contributed by atoms with Crippen molar-refractivity contribution >= 4 is 17.3 Å². The van der Waals surface area contributed by atoms with Crippen LogP contribution in [-0.2, 0) is 25.1 Å². The number of carbonyl (C=O) groups is 1. The molecule has 0 aromatic rings. The van der Waals surface area contributed by atoms with Crippen LogP contribution in [-0.4, -0.2) is 26.9 Å². The van der Waals surface area contributed by atoms with Crippen LogP contribution >= 0.6 is 0 Å². The van der Waals surface area contributed by atoms with E-state index in [9.17, 15) is 13.6 Å². The Morgan fingerprint density at radius 1 is 1.32 bits per heavy atom. The van der Waals surface area contributed by atoms with Crippen molar-refractivity contribution in [1.82, 2.24) is 0 Å². The zero-order valence-electron chi connectivity index (χ0n) is 11.6. The Kier molecular flexibility index (Phi) is 4.32. The van der Waals surface area contributed by atoms with Crippen molar-refractivity contribution in [2.24, 2.45) is 17.3 Å². The monoisotopic (exact) mass is 289 g/mol. The second-order valence-electron chi connectivity index (χ2n) is 6.21. The molecule has 2 bridgehead atoms. The SMILES string of the molecule is CCC(C)(C)C(=O)OC1C2CCC(C2)C1OS(=O)[O-]. The van der Waals surface area contributed by atoms with Crippen LogP contribution in [0.2, 0.25) is 0 Å². The lowest BCUT2D eigenvalue weighted by molar-refractivity contribution is -0.167. The fourth-order valence-electron chi connectivity index (χ4n) is 3.00. The maximum Gasteiger partial charge on any atom is 0.311 e. The molecule has 2 aliphatic carbocycles. The largest absolute Gasteiger partial charge is 0.750 e. The molecule has 110 valence electrons. The molecule has 0 heterocycles. The van der Waals surface area contributed by atoms with Crippen LogP contribution < -0.4 is 0 Å². The zero-order valence-corrected chi connectivity index (χ0v) is 12.4. The van der Waals surface area contributed by atoms with Gasteiger partial charge < -0.3 is 9.29 Å². The van der Waals surface area contributed by atoms with Crippen molar-refractivity contribution in [1.29, 1.82) is 0 Å². The van der Waals surface area contributed by atoms with Gasteiger partial charge in [-0.1, -0.05) is 6.92 Å². The molecule has 5 nitrogen and oxygen atoms in total. The van der Waals surface area contributed by atoms with Crippen LogP contribution in [0.15, 0.2) is 0 Å². The second-order valence-corrected chi connectivity index (χ2v) is 6.81. The van der Waals surface area contributed by atoms with Crippen LogP contribution in [0.4, 0.5) is 0 Å². The van der Waals surface area contributed by atoms with E-state index in [-0.39, 0.29) is 17.8 Å². The quantitative estimate of drug-likeness (QED) is 0.571. The fraction of sp³-hybridized carbons (Fsp3) is 0.923. The summed E-state index contributed by atoms with van der Waals surface area (Å²) in [6.45, 7) is 5.61. The predicted molar refractivity (Wildman–Crippen MR) is 68.6 cm³/mol. The molecule has 6 heteroatoms. The third-order valence-corrected chi connectivity index (χ3v) is 5.02. The summed E-state index contributed by atoms with van der Waals surface area (Å²) in [4.78, 5) is 12.1. The molecular formula is C13H21O5S-. The van der Waals surface area contributed by atoms with Gasteiger partial charge in [0.2, 0.25) is 0 Å². The van der Waals surface area contributed by atoms with Gasteiger partial charge in [-0.3, -0.25) is 8.98 Å². The van der Waals surface area contributed by atoms with Gasteiger partial charge in [-0.25, -0.2) is 4.21 Å². The summed E-state index contributed by atoms with van der Waals surface area (Å²) in [7, 11) is 0. The summed E-state index contributed by atoms with van der Waals surface area (Å²) >= 11 is -2.56. The molecule has 2 fully saturated rings. The summed E-state index contributed by atoms with van der Waals surface area (Å²) in [6, 6.07) is 0. The second kappa shape index (κ2) is 5.50. The molecular weight excluding hydrogens is 268 g/mol. The van der Waals surface area contributed by atoms with E-state index in [0.717, 1.165) is 19.3 Å². The minimum absolute atomic E-state index is 0.199. The number of rotatable bonds is 5. The summed E-state index contributed by atoms with van der Waals surface area (Å²) < 4.78 is 32.0. The van der Waals surface area contributed by atoms with Crippen molar-refractivity contribution in [3.05, 3.63) is 0 Å². The van der Waals surface area contributed by atoms with Gasteiger partial charge in [-0.2, -0.15) is 0 Å². The first-order chi connectivity index (χ1) is 8.85. The first kappa shape index (κ1) is 14.9. The Morgan fingerprint density at radius 3 is 2.42 bits per heavy atom. The van der Waals surface area contributed by atoms with Crippen molar-refractivity contribution in [2.75, 3.05) is 0 Å². The molecule has 0 radical (unpaired) electrons. The zero-order chi connectivity index (χ0) is 14.2. The number of hydrogen-bond acceptors (Lipinski definition) is 5. The lowest BCUT2D eigenvalue weighted by atomic mass is 9.89. The van der Waals surface area contributed by atoms with E-state index in [0.29, 0.717) is 6.42 Å². The van der Waals surface area contributed by atoms with E-state index >= 15 is 0 Å². The van der Waals surface area contributed by atoms with E-state index in [1.54, 1.807) is 0 Å². The summed E-state index contributed by atoms with van der Waals surface area (Å²) in [5.41, 5.74) is -0.539. The van der Waals surface area contributed by atoms with Gasteiger partial charge in [0.25, 0.3) is 0 Å². The van der Waals surface area contributed by atoms with E-state index < -0.39 is 29.0 Å². The maximum atomic E-state index is 12.1. The molecule has 0 aliphatic heterocycles. The summed E-state index contributed by atoms with van der Waals surface area (Å²) in [6.07, 6.45) is 2.62. The lowest BCUT2D eigenvalue weighted by Gasteiger charge is -2.33. The smallest absolute Gasteiger partial charge is 0.311 e. The van der Waals surface area contributed by atoms with Gasteiger partial charge >= 0.3 is 5.97 Å². The molecule has 0 saturated heterocycles. The summed E-state index contributed by atoms with van der Waals surface area (Å²) in [5.74, 6) is 0.179. The van der Waals surface area contributed by atoms with E-state index in [1.807, 2.05) is 20.8 Å². The van der Waals surface area contributed by atoms with Crippen molar-refractivity contribution in [2.45, 2.75) is 58.7 Å². The fourth-order valence-corrected chi connectivity index (χ4v) is 3.45. The normalized spacial score (nSPS) is 35.4. The van der Waals surface area contributed by atoms with E-state index in [1.165, 1.54) is 0 Å². The third kappa shape index (κ3) is 3.01. The molecule has 0 N–H and O–H groups in total. The Hall–Kier alpha value is -0.460. The highest BCUT2D eigenvalue weighted by Gasteiger charge is 2.51. The van der Waals surface area contributed by atoms with Crippen molar-refractivity contribution < 1.29 is 22.5 Å². The molecule has 0 amide bonds. The van der Waals surface area contributed by atoms with Crippen molar-refractivity contribution in [3.8, 4) is 0 Å². The number of carbonyl (C=O) groups excluding carboxylic acids is 1. The number of ether oxygens (including phenoxy) is 1. The van der Waals surface area contributed by atoms with Crippen LogP contribution in [0, 0.1) is 17.3 Å². The minimum atomic E-state index is -2.56. The first-order valence-corrected chi connectivity index (χ1v) is 7.82. The molecule has 2 rings (SSSR count). The Bertz CT molecular complexity index is 381. The average molecular weight is 289 g/mol. The Morgan fingerprint density at radius 2 is 1.89 bits per heavy atom. The van der Waals surface area contributed by atoms with Gasteiger partial charge in [0.1, 0.15) is 12.2 Å². The molecule has 19 heavy (non-hydrogen) atoms. The van der Waals surface area contributed by atoms with Crippen LogP contribution in [0.3, 0.4) is 0 Å². The van der Waals surface area contributed by atoms with Crippen LogP contribution in [0.1, 0.15) is 46.5 Å². The lowest BCUT2D eigenvalue weighted by Crippen LogP contribution is -2.41. The maximum absolute atomic E-state index is 12.1. The predicted octanol–water partition coefficient (Wildman–Crippen LogP) is 1.94. The molecule has 0 aromatic heterocycles. The van der Waals surface area contributed by atoms with Crippen LogP contribution in [0.25, 0.3) is 0 Å². The van der Waals surface area contributed by atoms with Gasteiger partial charge in [0.15, 0.2) is 0 Å². The number of fused-ring (bicyclic) bond motifs is 2. The van der Waals surface area contributed by atoms with Gasteiger partial charge in [-0.15, -0.1) is 0 Å². The number of esters is 1. The topological polar surface area (TPSA) is 75.7 Å². The molecule has 5 atom stereocenters. The van der Waals surface area contributed by atoms with Crippen molar-refractivity contribution in [3.63, 3.8) is 0 Å². The molecule has 2 saturated carbocycles. The highest BCUT2D eigenvalue weighted by molar-refractivity contribution is 7.74. The van der Waals surface area contributed by atoms with Gasteiger partial charge in [0.05, 0.1) is 16.8 Å². The molecule has 0 spiro atoms. The minimum Gasteiger partial charge on any atom is -0.750 e. The average Bonchev–Trinajstić information content (AvgIpc) is 2.91. The molecule has 0 aromatic carbocycles. The Balaban J connectivity index is 2.05. The third-order valence-electron chi connectivity index (χ3n) is 4.64. The highest BCUT2D eigenvalue weighted by Crippen LogP contribution is 2.48. The standard InChI is InChI=1S/C13H22O5S/c1-4-13(2,3)12(14)17-10-8-5-6-9(7-8)11(10)18-19(15)16/h8-11H,4-7H2,1-3H3,(H,15,16)/p-1. The first-order valence-electron chi connectivity index (χ1n) is 6.82. The number of hydrogen-bond donors (Lipinski definition) is 0. The molecule has 5 unspecified atom stereocenters. The van der Waals surface area contributed by atoms with Gasteiger partial charge in [0, 0.05) is 0 Å². The Labute approximate surface area is 116 Å². The molecule has 2 aliphatic rings. The van der Waals surface area contributed by atoms with E-state index in [2.05, 4.69) is 0 Å². The van der Waals surface area contributed by atoms with E-state index in [4.69, 9.17) is 8.92 Å². The van der Waals surface area contributed by atoms with Gasteiger partial charge in [-0.05, 0) is 51.4 Å². The van der Waals surface area contributed by atoms with Crippen LogP contribution in [0.5, 0.6) is 0 Å². The highest BCUT2D eigenvalue weighted by atomic mass is 32.2.